The minimum absolute atomic E-state index is 0.608. The van der Waals surface area contributed by atoms with E-state index < -0.39 is 0 Å². The third-order valence-corrected chi connectivity index (χ3v) is 3.63. The summed E-state index contributed by atoms with van der Waals surface area (Å²) >= 11 is 0.608. The average Bonchev–Trinajstić information content (AvgIpc) is 2.14. The Morgan fingerprint density at radius 3 is 2.67 bits per heavy atom. The molecule has 0 aliphatic carbocycles. The topological polar surface area (TPSA) is 23.8 Å². The molecule has 0 fully saturated rings. The molecular weight excluding hydrogens is 213 g/mol. The van der Waals surface area contributed by atoms with Gasteiger partial charge < -0.3 is 0 Å². The van der Waals surface area contributed by atoms with Gasteiger partial charge in [0.25, 0.3) is 0 Å². The standard InChI is InChI=1S/C10H11NSe/c11-7-4-8-12-9-10-5-2-1-3-6-10/h1-3,5-6H,4,8-9H2. The van der Waals surface area contributed by atoms with Gasteiger partial charge in [-0.2, -0.15) is 0 Å². The van der Waals surface area contributed by atoms with Crippen LogP contribution < -0.4 is 0 Å². The molecule has 0 aliphatic rings. The van der Waals surface area contributed by atoms with Gasteiger partial charge in [-0.15, -0.1) is 0 Å². The van der Waals surface area contributed by atoms with E-state index in [1.807, 2.05) is 6.07 Å². The number of nitrogens with zero attached hydrogens (tertiary/aromatic N) is 1. The summed E-state index contributed by atoms with van der Waals surface area (Å²) in [5.74, 6) is 0. The first kappa shape index (κ1) is 9.32. The second-order valence-corrected chi connectivity index (χ2v) is 4.77. The molecule has 1 rings (SSSR count). The van der Waals surface area contributed by atoms with Gasteiger partial charge in [-0.05, 0) is 0 Å². The predicted octanol–water partition coefficient (Wildman–Crippen LogP) is 2.22. The fraction of sp³-hybridized carbons (Fsp3) is 0.300. The van der Waals surface area contributed by atoms with Gasteiger partial charge in [0.15, 0.2) is 0 Å². The molecule has 0 spiro atoms. The van der Waals surface area contributed by atoms with Crippen LogP contribution in [-0.2, 0) is 5.32 Å². The predicted molar refractivity (Wildman–Crippen MR) is 50.9 cm³/mol. The van der Waals surface area contributed by atoms with Gasteiger partial charge in [-0.1, -0.05) is 0 Å². The molecular formula is C10H11NSe. The zero-order chi connectivity index (χ0) is 8.65. The second kappa shape index (κ2) is 5.83. The SMILES string of the molecule is N#CCC[Se]Cc1ccccc1. The van der Waals surface area contributed by atoms with Crippen molar-refractivity contribution in [3.05, 3.63) is 35.9 Å². The molecule has 0 N–H and O–H groups in total. The van der Waals surface area contributed by atoms with E-state index >= 15 is 0 Å². The zero-order valence-corrected chi connectivity index (χ0v) is 8.58. The first-order valence-corrected chi connectivity index (χ1v) is 6.34. The van der Waals surface area contributed by atoms with E-state index in [0.717, 1.165) is 10.6 Å². The van der Waals surface area contributed by atoms with Crippen molar-refractivity contribution in [2.24, 2.45) is 0 Å². The van der Waals surface area contributed by atoms with Crippen LogP contribution in [0.15, 0.2) is 30.3 Å². The Hall–Kier alpha value is -0.771. The molecule has 0 aliphatic heterocycles. The Balaban J connectivity index is 2.21. The number of nitriles is 1. The van der Waals surface area contributed by atoms with E-state index in [9.17, 15) is 0 Å². The summed E-state index contributed by atoms with van der Waals surface area (Å²) in [6.45, 7) is 0. The van der Waals surface area contributed by atoms with Gasteiger partial charge >= 0.3 is 79.2 Å². The van der Waals surface area contributed by atoms with Crippen LogP contribution in [0.4, 0.5) is 0 Å². The first-order chi connectivity index (χ1) is 5.93. The van der Waals surface area contributed by atoms with Crippen molar-refractivity contribution in [2.45, 2.75) is 17.1 Å². The van der Waals surface area contributed by atoms with E-state index in [-0.39, 0.29) is 0 Å². The van der Waals surface area contributed by atoms with Crippen molar-refractivity contribution in [1.29, 1.82) is 5.26 Å². The van der Waals surface area contributed by atoms with Crippen molar-refractivity contribution in [3.8, 4) is 6.07 Å². The normalized spacial score (nSPS) is 9.25. The monoisotopic (exact) mass is 225 g/mol. The van der Waals surface area contributed by atoms with E-state index in [1.54, 1.807) is 0 Å². The summed E-state index contributed by atoms with van der Waals surface area (Å²) < 4.78 is 0. The van der Waals surface area contributed by atoms with Crippen LogP contribution in [0.25, 0.3) is 0 Å². The summed E-state index contributed by atoms with van der Waals surface area (Å²) in [4.78, 5) is 0. The third-order valence-electron chi connectivity index (χ3n) is 1.47. The molecule has 0 saturated carbocycles. The second-order valence-electron chi connectivity index (χ2n) is 2.45. The Bertz CT molecular complexity index is 250. The fourth-order valence-corrected chi connectivity index (χ4v) is 2.58. The molecule has 0 saturated heterocycles. The molecule has 0 heterocycles. The van der Waals surface area contributed by atoms with Crippen LogP contribution in [0.3, 0.4) is 0 Å². The van der Waals surface area contributed by atoms with Crippen LogP contribution in [0.1, 0.15) is 12.0 Å². The molecule has 2 heteroatoms. The molecule has 0 radical (unpaired) electrons. The molecule has 0 amide bonds. The van der Waals surface area contributed by atoms with Crippen LogP contribution in [0, 0.1) is 11.3 Å². The van der Waals surface area contributed by atoms with Crippen molar-refractivity contribution in [3.63, 3.8) is 0 Å². The molecule has 0 bridgehead atoms. The van der Waals surface area contributed by atoms with Crippen molar-refractivity contribution >= 4 is 15.0 Å². The van der Waals surface area contributed by atoms with E-state index in [1.165, 1.54) is 5.56 Å². The molecule has 12 heavy (non-hydrogen) atoms. The molecule has 62 valence electrons. The van der Waals surface area contributed by atoms with Crippen molar-refractivity contribution < 1.29 is 0 Å². The molecule has 1 aromatic rings. The van der Waals surface area contributed by atoms with Crippen molar-refractivity contribution in [2.75, 3.05) is 0 Å². The number of hydrogen-bond acceptors (Lipinski definition) is 1. The average molecular weight is 224 g/mol. The van der Waals surface area contributed by atoms with Crippen LogP contribution in [-0.4, -0.2) is 15.0 Å². The number of hydrogen-bond donors (Lipinski definition) is 0. The van der Waals surface area contributed by atoms with Gasteiger partial charge in [0.2, 0.25) is 0 Å². The fourth-order valence-electron chi connectivity index (χ4n) is 0.882. The van der Waals surface area contributed by atoms with Gasteiger partial charge in [-0.25, -0.2) is 0 Å². The summed E-state index contributed by atoms with van der Waals surface area (Å²) in [6, 6.07) is 12.6. The van der Waals surface area contributed by atoms with Crippen molar-refractivity contribution in [1.82, 2.24) is 0 Å². The number of benzene rings is 1. The number of rotatable bonds is 4. The molecule has 0 aromatic heterocycles. The third kappa shape index (κ3) is 3.57. The van der Waals surface area contributed by atoms with Crippen LogP contribution in [0.5, 0.6) is 0 Å². The minimum atomic E-state index is 0.608. The zero-order valence-electron chi connectivity index (χ0n) is 6.86. The van der Waals surface area contributed by atoms with Gasteiger partial charge in [0, 0.05) is 0 Å². The summed E-state index contributed by atoms with van der Waals surface area (Å²) in [7, 11) is 0. The maximum absolute atomic E-state index is 8.32. The first-order valence-electron chi connectivity index (χ1n) is 3.92. The van der Waals surface area contributed by atoms with Crippen LogP contribution >= 0.6 is 0 Å². The Labute approximate surface area is 79.6 Å². The summed E-state index contributed by atoms with van der Waals surface area (Å²) in [6.07, 6.45) is 0.715. The molecule has 1 aromatic carbocycles. The molecule has 0 unspecified atom stereocenters. The van der Waals surface area contributed by atoms with Gasteiger partial charge in [0.1, 0.15) is 0 Å². The van der Waals surface area contributed by atoms with Crippen LogP contribution in [0.2, 0.25) is 5.32 Å². The molecule has 1 nitrogen and oxygen atoms in total. The Kier molecular flexibility index (Phi) is 4.52. The van der Waals surface area contributed by atoms with Gasteiger partial charge in [-0.3, -0.25) is 0 Å². The van der Waals surface area contributed by atoms with E-state index in [4.69, 9.17) is 5.26 Å². The van der Waals surface area contributed by atoms with E-state index in [0.29, 0.717) is 21.4 Å². The summed E-state index contributed by atoms with van der Waals surface area (Å²) in [5.41, 5.74) is 1.40. The Morgan fingerprint density at radius 2 is 2.00 bits per heavy atom. The van der Waals surface area contributed by atoms with E-state index in [2.05, 4.69) is 30.3 Å². The molecule has 0 atom stereocenters. The Morgan fingerprint density at radius 1 is 1.25 bits per heavy atom. The maximum atomic E-state index is 8.32. The van der Waals surface area contributed by atoms with Gasteiger partial charge in [0.05, 0.1) is 0 Å². The quantitative estimate of drug-likeness (QED) is 0.568. The summed E-state index contributed by atoms with van der Waals surface area (Å²) in [5, 5.41) is 10.6.